The number of ether oxygens (including phenoxy) is 1. The molecule has 0 saturated heterocycles. The molecule has 3 rings (SSSR count). The van der Waals surface area contributed by atoms with Crippen molar-refractivity contribution in [1.82, 2.24) is 4.98 Å². The lowest BCUT2D eigenvalue weighted by molar-refractivity contribution is 0.351. The molecule has 0 bridgehead atoms. The van der Waals surface area contributed by atoms with Crippen molar-refractivity contribution in [3.63, 3.8) is 0 Å². The second-order valence-electron chi connectivity index (χ2n) is 4.28. The molecule has 17 heavy (non-hydrogen) atoms. The number of nitrogens with one attached hydrogen (secondary N) is 1. The molecule has 0 radical (unpaired) electrons. The van der Waals surface area contributed by atoms with E-state index < -0.39 is 0 Å². The topological polar surface area (TPSA) is 25.0 Å². The molecule has 1 aliphatic carbocycles. The number of benzene rings is 1. The summed E-state index contributed by atoms with van der Waals surface area (Å²) in [5.41, 5.74) is 2.49. The Morgan fingerprint density at radius 3 is 3.12 bits per heavy atom. The number of aromatic nitrogens is 1. The van der Waals surface area contributed by atoms with Crippen molar-refractivity contribution in [1.29, 1.82) is 0 Å². The summed E-state index contributed by atoms with van der Waals surface area (Å²) < 4.78 is 5.89. The predicted molar refractivity (Wildman–Crippen MR) is 70.3 cm³/mol. The Morgan fingerprint density at radius 1 is 1.24 bits per heavy atom. The molecule has 1 aromatic carbocycles. The molecule has 1 aliphatic rings. The summed E-state index contributed by atoms with van der Waals surface area (Å²) in [7, 11) is 0. The van der Waals surface area contributed by atoms with E-state index in [9.17, 15) is 0 Å². The van der Waals surface area contributed by atoms with E-state index in [0.29, 0.717) is 6.61 Å². The summed E-state index contributed by atoms with van der Waals surface area (Å²) in [6.07, 6.45) is 10.6. The monoisotopic (exact) mass is 225 g/mol. The second-order valence-corrected chi connectivity index (χ2v) is 4.28. The number of allylic oxidation sites excluding steroid dienone is 3. The van der Waals surface area contributed by atoms with Crippen molar-refractivity contribution in [2.45, 2.75) is 12.8 Å². The molecule has 2 aromatic rings. The molecule has 1 N–H and O–H groups in total. The lowest BCUT2D eigenvalue weighted by Crippen LogP contribution is -2.02. The average molecular weight is 225 g/mol. The Balaban J connectivity index is 1.78. The Kier molecular flexibility index (Phi) is 2.70. The van der Waals surface area contributed by atoms with Gasteiger partial charge >= 0.3 is 0 Å². The Morgan fingerprint density at radius 2 is 2.24 bits per heavy atom. The Hall–Kier alpha value is -1.96. The van der Waals surface area contributed by atoms with Gasteiger partial charge in [0.25, 0.3) is 0 Å². The largest absolute Gasteiger partial charge is 0.489 e. The van der Waals surface area contributed by atoms with E-state index in [1.54, 1.807) is 0 Å². The van der Waals surface area contributed by atoms with Gasteiger partial charge in [-0.1, -0.05) is 24.3 Å². The van der Waals surface area contributed by atoms with Gasteiger partial charge < -0.3 is 9.72 Å². The minimum atomic E-state index is 0.689. The fourth-order valence-corrected chi connectivity index (χ4v) is 2.13. The normalized spacial score (nSPS) is 14.9. The quantitative estimate of drug-likeness (QED) is 0.843. The van der Waals surface area contributed by atoms with Crippen LogP contribution in [0.15, 0.2) is 54.3 Å². The van der Waals surface area contributed by atoms with Crippen molar-refractivity contribution >= 4 is 10.9 Å². The molecule has 0 spiro atoms. The van der Waals surface area contributed by atoms with Gasteiger partial charge in [-0.15, -0.1) is 0 Å². The second kappa shape index (κ2) is 4.50. The number of aromatic amines is 1. The summed E-state index contributed by atoms with van der Waals surface area (Å²) in [5, 5.41) is 1.15. The first kappa shape index (κ1) is 10.2. The van der Waals surface area contributed by atoms with Crippen molar-refractivity contribution < 1.29 is 4.74 Å². The third-order valence-electron chi connectivity index (χ3n) is 3.07. The number of rotatable bonds is 3. The average Bonchev–Trinajstić information content (AvgIpc) is 2.86. The highest BCUT2D eigenvalue weighted by atomic mass is 16.5. The van der Waals surface area contributed by atoms with Crippen molar-refractivity contribution in [3.8, 4) is 5.75 Å². The minimum Gasteiger partial charge on any atom is -0.489 e. The van der Waals surface area contributed by atoms with Crippen LogP contribution < -0.4 is 4.74 Å². The van der Waals surface area contributed by atoms with E-state index in [2.05, 4.69) is 35.3 Å². The van der Waals surface area contributed by atoms with Gasteiger partial charge in [0.2, 0.25) is 0 Å². The van der Waals surface area contributed by atoms with Gasteiger partial charge in [-0.2, -0.15) is 0 Å². The van der Waals surface area contributed by atoms with Gasteiger partial charge in [-0.25, -0.2) is 0 Å². The number of hydrogen-bond donors (Lipinski definition) is 1. The molecule has 0 fully saturated rings. The molecule has 2 nitrogen and oxygen atoms in total. The maximum Gasteiger partial charge on any atom is 0.129 e. The van der Waals surface area contributed by atoms with Crippen LogP contribution in [-0.4, -0.2) is 11.6 Å². The van der Waals surface area contributed by atoms with Crippen molar-refractivity contribution in [2.75, 3.05) is 6.61 Å². The SMILES string of the molecule is C1=CCCC(COc2cccc3[nH]ccc23)=C1. The molecule has 2 heteroatoms. The molecular weight excluding hydrogens is 210 g/mol. The first-order chi connectivity index (χ1) is 8.43. The number of H-pyrrole nitrogens is 1. The predicted octanol–water partition coefficient (Wildman–Crippen LogP) is 3.82. The molecule has 0 atom stereocenters. The Bertz CT molecular complexity index is 577. The molecule has 86 valence electrons. The fourth-order valence-electron chi connectivity index (χ4n) is 2.13. The summed E-state index contributed by atoms with van der Waals surface area (Å²) in [6, 6.07) is 8.16. The molecule has 1 aromatic heterocycles. The van der Waals surface area contributed by atoms with Gasteiger partial charge in [-0.3, -0.25) is 0 Å². The van der Waals surface area contributed by atoms with Crippen LogP contribution >= 0.6 is 0 Å². The van der Waals surface area contributed by atoms with E-state index in [1.165, 1.54) is 5.57 Å². The third-order valence-corrected chi connectivity index (χ3v) is 3.07. The van der Waals surface area contributed by atoms with Gasteiger partial charge in [0.15, 0.2) is 0 Å². The van der Waals surface area contributed by atoms with E-state index in [0.717, 1.165) is 29.5 Å². The number of hydrogen-bond acceptors (Lipinski definition) is 1. The smallest absolute Gasteiger partial charge is 0.129 e. The van der Waals surface area contributed by atoms with Crippen LogP contribution in [-0.2, 0) is 0 Å². The maximum absolute atomic E-state index is 5.89. The fraction of sp³-hybridized carbons (Fsp3) is 0.200. The lowest BCUT2D eigenvalue weighted by atomic mass is 10.1. The zero-order valence-corrected chi connectivity index (χ0v) is 9.65. The van der Waals surface area contributed by atoms with Crippen LogP contribution in [0.4, 0.5) is 0 Å². The third kappa shape index (κ3) is 2.11. The van der Waals surface area contributed by atoms with Crippen LogP contribution in [0.5, 0.6) is 5.75 Å². The maximum atomic E-state index is 5.89. The Labute approximate surface area is 101 Å². The van der Waals surface area contributed by atoms with Crippen LogP contribution in [0.2, 0.25) is 0 Å². The highest BCUT2D eigenvalue weighted by Gasteiger charge is 2.04. The molecule has 0 amide bonds. The van der Waals surface area contributed by atoms with Crippen molar-refractivity contribution in [2.24, 2.45) is 0 Å². The molecular formula is C15H15NO. The van der Waals surface area contributed by atoms with E-state index in [4.69, 9.17) is 4.74 Å². The van der Waals surface area contributed by atoms with Crippen LogP contribution in [0.25, 0.3) is 10.9 Å². The molecule has 0 aliphatic heterocycles. The van der Waals surface area contributed by atoms with Gasteiger partial charge in [0.1, 0.15) is 12.4 Å². The summed E-state index contributed by atoms with van der Waals surface area (Å²) in [6.45, 7) is 0.689. The number of fused-ring (bicyclic) bond motifs is 1. The van der Waals surface area contributed by atoms with Crippen LogP contribution in [0, 0.1) is 0 Å². The summed E-state index contributed by atoms with van der Waals surface area (Å²) >= 11 is 0. The lowest BCUT2D eigenvalue weighted by Gasteiger charge is -2.11. The van der Waals surface area contributed by atoms with Gasteiger partial charge in [-0.05, 0) is 36.6 Å². The molecule has 0 saturated carbocycles. The van der Waals surface area contributed by atoms with Gasteiger partial charge in [0, 0.05) is 17.1 Å². The molecule has 0 unspecified atom stereocenters. The zero-order valence-electron chi connectivity index (χ0n) is 9.65. The standard InChI is InChI=1S/C15H15NO/c1-2-5-12(6-3-1)11-17-15-8-4-7-14-13(15)9-10-16-14/h1-2,4-5,7-10,16H,3,6,11H2. The van der Waals surface area contributed by atoms with Crippen LogP contribution in [0.1, 0.15) is 12.8 Å². The van der Waals surface area contributed by atoms with E-state index >= 15 is 0 Å². The highest BCUT2D eigenvalue weighted by Crippen LogP contribution is 2.25. The summed E-state index contributed by atoms with van der Waals surface area (Å²) in [5.74, 6) is 0.958. The zero-order chi connectivity index (χ0) is 11.5. The van der Waals surface area contributed by atoms with Gasteiger partial charge in [0.05, 0.1) is 0 Å². The van der Waals surface area contributed by atoms with E-state index in [-0.39, 0.29) is 0 Å². The summed E-state index contributed by atoms with van der Waals surface area (Å²) in [4.78, 5) is 3.19. The van der Waals surface area contributed by atoms with Crippen molar-refractivity contribution in [3.05, 3.63) is 54.3 Å². The first-order valence-corrected chi connectivity index (χ1v) is 5.97. The van der Waals surface area contributed by atoms with Crippen LogP contribution in [0.3, 0.4) is 0 Å². The van der Waals surface area contributed by atoms with E-state index in [1.807, 2.05) is 18.3 Å². The highest BCUT2D eigenvalue weighted by molar-refractivity contribution is 5.85. The minimum absolute atomic E-state index is 0.689. The first-order valence-electron chi connectivity index (χ1n) is 5.97. The molecule has 1 heterocycles.